The normalized spacial score (nSPS) is 47.6. The summed E-state index contributed by atoms with van der Waals surface area (Å²) in [7, 11) is 0. The van der Waals surface area contributed by atoms with E-state index in [4.69, 9.17) is 5.11 Å². The number of fused-ring (bicyclic) bond motifs is 5. The maximum atomic E-state index is 12.5. The number of carbonyl (C=O) groups excluding carboxylic acids is 1. The molecule has 6 atom stereocenters. The maximum Gasteiger partial charge on any atom is 0.139 e. The van der Waals surface area contributed by atoms with Crippen molar-refractivity contribution in [1.82, 2.24) is 0 Å². The molecule has 24 heavy (non-hydrogen) atoms. The highest BCUT2D eigenvalue weighted by molar-refractivity contribution is 7.99. The van der Waals surface area contributed by atoms with E-state index < -0.39 is 0 Å². The first kappa shape index (κ1) is 17.1. The van der Waals surface area contributed by atoms with Gasteiger partial charge in [-0.05, 0) is 68.1 Å². The van der Waals surface area contributed by atoms with Crippen molar-refractivity contribution >= 4 is 17.5 Å². The number of aliphatic hydroxyl groups is 1. The van der Waals surface area contributed by atoms with Gasteiger partial charge in [0, 0.05) is 22.8 Å². The molecule has 3 heteroatoms. The van der Waals surface area contributed by atoms with E-state index in [1.165, 1.54) is 32.1 Å². The summed E-state index contributed by atoms with van der Waals surface area (Å²) in [6, 6.07) is 0. The van der Waals surface area contributed by atoms with Crippen molar-refractivity contribution in [1.29, 1.82) is 0 Å². The quantitative estimate of drug-likeness (QED) is 0.757. The van der Waals surface area contributed by atoms with Crippen LogP contribution in [-0.4, -0.2) is 28.5 Å². The van der Waals surface area contributed by atoms with Gasteiger partial charge >= 0.3 is 0 Å². The van der Waals surface area contributed by atoms with Crippen LogP contribution in [0.3, 0.4) is 0 Å². The van der Waals surface area contributed by atoms with Crippen LogP contribution < -0.4 is 0 Å². The summed E-state index contributed by atoms with van der Waals surface area (Å²) < 4.78 is 0. The number of rotatable bonds is 3. The molecule has 0 amide bonds. The van der Waals surface area contributed by atoms with Crippen molar-refractivity contribution < 1.29 is 9.90 Å². The molecule has 0 aromatic carbocycles. The van der Waals surface area contributed by atoms with E-state index in [2.05, 4.69) is 19.9 Å². The number of hydrogen-bond acceptors (Lipinski definition) is 3. The van der Waals surface area contributed by atoms with Crippen LogP contribution in [0.4, 0.5) is 0 Å². The van der Waals surface area contributed by atoms with Gasteiger partial charge in [-0.15, -0.1) is 0 Å². The number of thioether (sulfide) groups is 1. The molecule has 0 aromatic rings. The Morgan fingerprint density at radius 3 is 2.71 bits per heavy atom. The highest BCUT2D eigenvalue weighted by atomic mass is 32.2. The van der Waals surface area contributed by atoms with Gasteiger partial charge in [-0.1, -0.05) is 25.5 Å². The summed E-state index contributed by atoms with van der Waals surface area (Å²) in [4.78, 5) is 12.5. The Kier molecular flexibility index (Phi) is 4.40. The van der Waals surface area contributed by atoms with E-state index in [0.29, 0.717) is 29.0 Å². The summed E-state index contributed by atoms with van der Waals surface area (Å²) in [5, 5.41) is 9.81. The first-order chi connectivity index (χ1) is 11.5. The van der Waals surface area contributed by atoms with Crippen LogP contribution in [0.25, 0.3) is 0 Å². The highest BCUT2D eigenvalue weighted by Crippen LogP contribution is 2.64. The van der Waals surface area contributed by atoms with Gasteiger partial charge in [-0.2, -0.15) is 11.8 Å². The van der Waals surface area contributed by atoms with Crippen molar-refractivity contribution in [2.75, 3.05) is 12.4 Å². The van der Waals surface area contributed by atoms with Gasteiger partial charge in [0.25, 0.3) is 0 Å². The molecule has 4 aliphatic carbocycles. The topological polar surface area (TPSA) is 37.3 Å². The number of hydrogen-bond donors (Lipinski definition) is 1. The number of allylic oxidation sites excluding steroid dienone is 2. The first-order valence-electron chi connectivity index (χ1n) is 9.94. The van der Waals surface area contributed by atoms with Crippen LogP contribution >= 0.6 is 11.8 Å². The zero-order chi connectivity index (χ0) is 16.9. The van der Waals surface area contributed by atoms with Crippen molar-refractivity contribution in [2.45, 2.75) is 70.5 Å². The monoisotopic (exact) mass is 348 g/mol. The minimum absolute atomic E-state index is 0.00293. The molecule has 0 radical (unpaired) electrons. The molecule has 3 saturated carbocycles. The highest BCUT2D eigenvalue weighted by Gasteiger charge is 2.58. The molecule has 0 aromatic heterocycles. The Hall–Kier alpha value is -0.280. The second kappa shape index (κ2) is 6.16. The maximum absolute atomic E-state index is 12.5. The van der Waals surface area contributed by atoms with Gasteiger partial charge in [-0.25, -0.2) is 0 Å². The molecule has 4 aliphatic rings. The minimum Gasteiger partial charge on any atom is -0.396 e. The van der Waals surface area contributed by atoms with Gasteiger partial charge in [0.05, 0.1) is 6.61 Å². The lowest BCUT2D eigenvalue weighted by Crippen LogP contribution is -2.50. The Balaban J connectivity index is 1.56. The van der Waals surface area contributed by atoms with E-state index in [1.54, 1.807) is 5.57 Å². The largest absolute Gasteiger partial charge is 0.396 e. The molecule has 2 nitrogen and oxygen atoms in total. The summed E-state index contributed by atoms with van der Waals surface area (Å²) in [5.41, 5.74) is 2.09. The predicted octanol–water partition coefficient (Wildman–Crippen LogP) is 4.61. The zero-order valence-electron chi connectivity index (χ0n) is 15.2. The third-order valence-electron chi connectivity index (χ3n) is 8.21. The molecule has 0 aliphatic heterocycles. The van der Waals surface area contributed by atoms with Crippen molar-refractivity contribution in [3.8, 4) is 0 Å². The molecule has 0 heterocycles. The lowest BCUT2D eigenvalue weighted by molar-refractivity contribution is -0.131. The zero-order valence-corrected chi connectivity index (χ0v) is 16.0. The second-order valence-corrected chi connectivity index (χ2v) is 10.5. The number of carbonyl (C=O) groups is 1. The van der Waals surface area contributed by atoms with E-state index in [-0.39, 0.29) is 5.41 Å². The number of aliphatic hydroxyl groups excluding tert-OH is 1. The lowest BCUT2D eigenvalue weighted by Gasteiger charge is -2.57. The molecule has 4 rings (SSSR count). The number of Topliss-reactive ketones (excluding diaryl/α,β-unsaturated/α-hetero) is 1. The summed E-state index contributed by atoms with van der Waals surface area (Å²) in [6.07, 6.45) is 12.0. The molecule has 1 N–H and O–H groups in total. The first-order valence-corrected chi connectivity index (χ1v) is 11.0. The van der Waals surface area contributed by atoms with Crippen LogP contribution in [0.2, 0.25) is 0 Å². The lowest BCUT2D eigenvalue weighted by atomic mass is 9.48. The van der Waals surface area contributed by atoms with Crippen molar-refractivity contribution in [2.24, 2.45) is 28.6 Å². The summed E-state index contributed by atoms with van der Waals surface area (Å²) in [6.45, 7) is 5.10. The van der Waals surface area contributed by atoms with Crippen molar-refractivity contribution in [3.05, 3.63) is 11.6 Å². The standard InChI is InChI=1S/C21H32O2S/c1-20-9-7-15(24-12-11-22)13-14(20)3-4-16-17-5-6-19(23)21(17,2)10-8-18(16)20/h3,15-18,22H,4-13H2,1-2H3/t15-,16-,17-,18-,20-,21-/m0/s1. The van der Waals surface area contributed by atoms with Crippen LogP contribution in [0.1, 0.15) is 65.2 Å². The van der Waals surface area contributed by atoms with Crippen LogP contribution in [-0.2, 0) is 4.79 Å². The molecule has 0 unspecified atom stereocenters. The molecule has 0 spiro atoms. The fraction of sp³-hybridized carbons (Fsp3) is 0.857. The summed E-state index contributed by atoms with van der Waals surface area (Å²) >= 11 is 1.96. The average molecular weight is 349 g/mol. The van der Waals surface area contributed by atoms with Crippen LogP contribution in [0.5, 0.6) is 0 Å². The molecular weight excluding hydrogens is 316 g/mol. The SMILES string of the molecule is C[C@]12CC[C@H](SCCO)CC1=CC[C@@H]1[C@@H]2CC[C@]2(C)C(=O)CC[C@@H]12. The summed E-state index contributed by atoms with van der Waals surface area (Å²) in [5.74, 6) is 3.61. The molecule has 3 fully saturated rings. The third kappa shape index (κ3) is 2.45. The molecule has 0 bridgehead atoms. The van der Waals surface area contributed by atoms with Crippen molar-refractivity contribution in [3.63, 3.8) is 0 Å². The fourth-order valence-electron chi connectivity index (χ4n) is 6.76. The van der Waals surface area contributed by atoms with Gasteiger partial charge in [0.15, 0.2) is 0 Å². The fourth-order valence-corrected chi connectivity index (χ4v) is 7.78. The predicted molar refractivity (Wildman–Crippen MR) is 100 cm³/mol. The number of ketones is 1. The smallest absolute Gasteiger partial charge is 0.139 e. The Bertz CT molecular complexity index is 556. The second-order valence-electron chi connectivity index (χ2n) is 9.14. The molecular formula is C21H32O2S. The van der Waals surface area contributed by atoms with E-state index in [1.807, 2.05) is 11.8 Å². The van der Waals surface area contributed by atoms with Gasteiger partial charge < -0.3 is 5.11 Å². The van der Waals surface area contributed by atoms with Crippen LogP contribution in [0.15, 0.2) is 11.6 Å². The van der Waals surface area contributed by atoms with Gasteiger partial charge in [-0.3, -0.25) is 4.79 Å². The van der Waals surface area contributed by atoms with Gasteiger partial charge in [0.1, 0.15) is 5.78 Å². The Morgan fingerprint density at radius 1 is 1.17 bits per heavy atom. The Morgan fingerprint density at radius 2 is 1.92 bits per heavy atom. The van der Waals surface area contributed by atoms with Crippen LogP contribution in [0, 0.1) is 28.6 Å². The van der Waals surface area contributed by atoms with E-state index in [0.717, 1.165) is 36.9 Å². The molecule has 134 valence electrons. The average Bonchev–Trinajstić information content (AvgIpc) is 2.88. The van der Waals surface area contributed by atoms with Gasteiger partial charge in [0.2, 0.25) is 0 Å². The Labute approximate surface area is 150 Å². The minimum atomic E-state index is -0.00293. The molecule has 0 saturated heterocycles. The van der Waals surface area contributed by atoms with E-state index in [9.17, 15) is 4.79 Å². The third-order valence-corrected chi connectivity index (χ3v) is 9.50. The van der Waals surface area contributed by atoms with E-state index >= 15 is 0 Å².